The molecule has 0 aliphatic carbocycles. The SMILES string of the molecule is O=C(O)c1c(F)cccc1-c1c2cc(I)c(O)c(I)c2[o+]c2c(I)c(O)c(I)cc12. The molecule has 152 valence electrons. The molecule has 0 saturated carbocycles. The second-order valence-corrected chi connectivity index (χ2v) is 10.7. The molecule has 0 atom stereocenters. The van der Waals surface area contributed by atoms with Gasteiger partial charge in [0.25, 0.3) is 0 Å². The van der Waals surface area contributed by atoms with Crippen LogP contribution in [0.25, 0.3) is 33.1 Å². The lowest BCUT2D eigenvalue weighted by Gasteiger charge is -2.12. The van der Waals surface area contributed by atoms with Crippen LogP contribution in [0.5, 0.6) is 11.5 Å². The molecule has 5 nitrogen and oxygen atoms in total. The Morgan fingerprint density at radius 2 is 1.40 bits per heavy atom. The van der Waals surface area contributed by atoms with Gasteiger partial charge >= 0.3 is 17.1 Å². The molecular weight excluding hydrogens is 847 g/mol. The predicted molar refractivity (Wildman–Crippen MR) is 145 cm³/mol. The Morgan fingerprint density at radius 1 is 0.900 bits per heavy atom. The lowest BCUT2D eigenvalue weighted by atomic mass is 9.93. The fraction of sp³-hybridized carbons (Fsp3) is 0. The third-order valence-electron chi connectivity index (χ3n) is 4.54. The van der Waals surface area contributed by atoms with Crippen LogP contribution in [0.3, 0.4) is 0 Å². The topological polar surface area (TPSA) is 89.1 Å². The first-order chi connectivity index (χ1) is 14.1. The van der Waals surface area contributed by atoms with Crippen molar-refractivity contribution in [2.75, 3.05) is 0 Å². The Balaban J connectivity index is 2.37. The average Bonchev–Trinajstić information content (AvgIpc) is 2.69. The van der Waals surface area contributed by atoms with Crippen molar-refractivity contribution < 1.29 is 28.9 Å². The summed E-state index contributed by atoms with van der Waals surface area (Å²) in [5, 5.41) is 31.6. The number of carboxylic acids is 1. The van der Waals surface area contributed by atoms with Crippen LogP contribution in [0.2, 0.25) is 0 Å². The molecule has 0 fully saturated rings. The molecule has 0 radical (unpaired) electrons. The van der Waals surface area contributed by atoms with E-state index in [1.54, 1.807) is 18.2 Å². The van der Waals surface area contributed by atoms with Gasteiger partial charge in [0.2, 0.25) is 0 Å². The molecule has 0 aliphatic rings. The number of carbonyl (C=O) groups is 1. The van der Waals surface area contributed by atoms with Gasteiger partial charge in [-0.2, -0.15) is 0 Å². The van der Waals surface area contributed by atoms with Crippen molar-refractivity contribution in [1.29, 1.82) is 0 Å². The van der Waals surface area contributed by atoms with Gasteiger partial charge in [-0.25, -0.2) is 13.6 Å². The van der Waals surface area contributed by atoms with Crippen LogP contribution in [0.1, 0.15) is 10.4 Å². The van der Waals surface area contributed by atoms with E-state index >= 15 is 0 Å². The zero-order valence-electron chi connectivity index (χ0n) is 14.4. The summed E-state index contributed by atoms with van der Waals surface area (Å²) in [5.41, 5.74) is 0.811. The van der Waals surface area contributed by atoms with Crippen molar-refractivity contribution in [3.8, 4) is 22.6 Å². The maximum atomic E-state index is 14.5. The van der Waals surface area contributed by atoms with E-state index in [2.05, 4.69) is 0 Å². The quantitative estimate of drug-likeness (QED) is 0.113. The van der Waals surface area contributed by atoms with Gasteiger partial charge in [0.1, 0.15) is 11.4 Å². The number of hydrogen-bond acceptors (Lipinski definition) is 3. The molecule has 4 aromatic rings. The Hall–Kier alpha value is -0.750. The Kier molecular flexibility index (Phi) is 6.22. The molecule has 0 bridgehead atoms. The highest BCUT2D eigenvalue weighted by Crippen LogP contribution is 2.46. The van der Waals surface area contributed by atoms with Crippen molar-refractivity contribution in [2.24, 2.45) is 0 Å². The molecule has 3 N–H and O–H groups in total. The zero-order valence-corrected chi connectivity index (χ0v) is 23.1. The Bertz CT molecular complexity index is 1330. The molecule has 0 spiro atoms. The summed E-state index contributed by atoms with van der Waals surface area (Å²) in [6.45, 7) is 0. The molecular formula is C20H8FI4O5+. The largest absolute Gasteiger partial charge is 0.505 e. The lowest BCUT2D eigenvalue weighted by Crippen LogP contribution is -2.04. The van der Waals surface area contributed by atoms with Crippen LogP contribution in [-0.4, -0.2) is 21.3 Å². The highest BCUT2D eigenvalue weighted by atomic mass is 127. The first-order valence-electron chi connectivity index (χ1n) is 8.13. The van der Waals surface area contributed by atoms with Gasteiger partial charge in [-0.3, -0.25) is 0 Å². The number of carboxylic acid groups (broad SMARTS) is 1. The summed E-state index contributed by atoms with van der Waals surface area (Å²) in [7, 11) is 0. The minimum absolute atomic E-state index is 0.0280. The number of halogens is 5. The molecule has 4 rings (SSSR count). The lowest BCUT2D eigenvalue weighted by molar-refractivity contribution is 0.0693. The number of rotatable bonds is 2. The Morgan fingerprint density at radius 3 is 1.87 bits per heavy atom. The van der Waals surface area contributed by atoms with Crippen LogP contribution in [0.15, 0.2) is 34.7 Å². The van der Waals surface area contributed by atoms with E-state index in [1.807, 2.05) is 90.4 Å². The summed E-state index contributed by atoms with van der Waals surface area (Å²) in [4.78, 5) is 11.9. The molecule has 0 saturated heterocycles. The summed E-state index contributed by atoms with van der Waals surface area (Å²) >= 11 is 7.85. The van der Waals surface area contributed by atoms with Crippen molar-refractivity contribution in [1.82, 2.24) is 0 Å². The molecule has 0 amide bonds. The fourth-order valence-corrected chi connectivity index (χ4v) is 6.82. The molecule has 0 aliphatic heterocycles. The number of aromatic carboxylic acids is 1. The van der Waals surface area contributed by atoms with E-state index in [-0.39, 0.29) is 17.1 Å². The molecule has 1 heterocycles. The first kappa shape index (κ1) is 22.4. The van der Waals surface area contributed by atoms with Gasteiger partial charge in [-0.15, -0.1) is 0 Å². The number of hydrogen-bond donors (Lipinski definition) is 3. The van der Waals surface area contributed by atoms with Crippen molar-refractivity contribution >= 4 is 118 Å². The zero-order chi connectivity index (χ0) is 21.9. The van der Waals surface area contributed by atoms with Crippen LogP contribution < -0.4 is 0 Å². The van der Waals surface area contributed by atoms with Crippen LogP contribution >= 0.6 is 90.4 Å². The minimum atomic E-state index is -1.39. The maximum Gasteiger partial charge on any atom is 0.378 e. The highest BCUT2D eigenvalue weighted by Gasteiger charge is 2.31. The third-order valence-corrected chi connectivity index (χ3v) is 8.18. The summed E-state index contributed by atoms with van der Waals surface area (Å²) in [6.07, 6.45) is 0. The van der Waals surface area contributed by atoms with Crippen LogP contribution in [0, 0.1) is 20.1 Å². The smallest absolute Gasteiger partial charge is 0.378 e. The van der Waals surface area contributed by atoms with Gasteiger partial charge in [-0.1, -0.05) is 12.1 Å². The number of phenols is 2. The normalized spacial score (nSPS) is 11.4. The molecule has 3 aromatic carbocycles. The van der Waals surface area contributed by atoms with Gasteiger partial charge in [0.05, 0.1) is 17.9 Å². The molecule has 10 heteroatoms. The molecule has 0 unspecified atom stereocenters. The number of fused-ring (bicyclic) bond motifs is 2. The second-order valence-electron chi connectivity index (χ2n) is 6.24. The molecule has 30 heavy (non-hydrogen) atoms. The van der Waals surface area contributed by atoms with E-state index in [4.69, 9.17) is 4.42 Å². The second kappa shape index (κ2) is 8.31. The van der Waals surface area contributed by atoms with Crippen molar-refractivity contribution in [3.05, 3.63) is 56.0 Å². The summed E-state index contributed by atoms with van der Waals surface area (Å²) in [6, 6.07) is 7.44. The number of benzene rings is 3. The first-order valence-corrected chi connectivity index (χ1v) is 12.4. The van der Waals surface area contributed by atoms with Crippen molar-refractivity contribution in [2.45, 2.75) is 0 Å². The monoisotopic (exact) mass is 855 g/mol. The van der Waals surface area contributed by atoms with E-state index in [0.717, 1.165) is 6.07 Å². The highest BCUT2D eigenvalue weighted by molar-refractivity contribution is 14.1. The average molecular weight is 855 g/mol. The third kappa shape index (κ3) is 3.50. The van der Waals surface area contributed by atoms with Gasteiger partial charge in [0.15, 0.2) is 18.6 Å². The van der Waals surface area contributed by atoms with E-state index < -0.39 is 17.3 Å². The van der Waals surface area contributed by atoms with Crippen LogP contribution in [-0.2, 0) is 0 Å². The van der Waals surface area contributed by atoms with Crippen molar-refractivity contribution in [3.63, 3.8) is 0 Å². The van der Waals surface area contributed by atoms with Gasteiger partial charge < -0.3 is 15.3 Å². The fourth-order valence-electron chi connectivity index (χ4n) is 3.24. The predicted octanol–water partition coefficient (Wildman–Crippen LogP) is 7.20. The van der Waals surface area contributed by atoms with Gasteiger partial charge in [-0.05, 0) is 109 Å². The summed E-state index contributed by atoms with van der Waals surface area (Å²) in [5.74, 6) is -2.19. The maximum absolute atomic E-state index is 14.5. The number of phenolic OH excluding ortho intramolecular Hbond substituents is 2. The minimum Gasteiger partial charge on any atom is -0.505 e. The van der Waals surface area contributed by atoms with Gasteiger partial charge in [0, 0.05) is 11.1 Å². The van der Waals surface area contributed by atoms with E-state index in [0.29, 0.717) is 41.8 Å². The number of aromatic hydroxyl groups is 2. The summed E-state index contributed by atoms with van der Waals surface area (Å²) < 4.78 is 22.6. The standard InChI is InChI=1S/C20H7FI4O5/c21-9-3-1-2-6(13(9)20(28)29)12-7-4-10(22)16(26)14(24)18(7)30-19-8(12)5-11(23)17(27)15(19)25/h1-5H,(H2-,26,27,28,29)/p+1. The van der Waals surface area contributed by atoms with Crippen LogP contribution in [0.4, 0.5) is 4.39 Å². The van der Waals surface area contributed by atoms with E-state index in [1.165, 1.54) is 6.07 Å². The molecule has 1 aromatic heterocycles. The van der Waals surface area contributed by atoms with E-state index in [9.17, 15) is 24.5 Å². The Labute approximate surface area is 223 Å².